The van der Waals surface area contributed by atoms with E-state index in [0.29, 0.717) is 5.75 Å². The molecule has 8 nitrogen and oxygen atoms in total. The third-order valence-electron chi connectivity index (χ3n) is 2.41. The molecule has 2 rings (SSSR count). The van der Waals surface area contributed by atoms with Crippen molar-refractivity contribution in [1.29, 1.82) is 0 Å². The number of ether oxygens (including phenoxy) is 1. The van der Waals surface area contributed by atoms with Gasteiger partial charge in [0.1, 0.15) is 5.75 Å². The van der Waals surface area contributed by atoms with Gasteiger partial charge in [-0.05, 0) is 34.7 Å². The molecule has 0 fully saturated rings. The molecule has 0 aliphatic carbocycles. The van der Waals surface area contributed by atoms with Crippen LogP contribution in [0.15, 0.2) is 29.2 Å². The second-order valence-corrected chi connectivity index (χ2v) is 5.66. The van der Waals surface area contributed by atoms with Gasteiger partial charge in [0.15, 0.2) is 0 Å². The Morgan fingerprint density at radius 1 is 1.21 bits per heavy atom. The van der Waals surface area contributed by atoms with E-state index in [0.717, 1.165) is 4.09 Å². The Labute approximate surface area is 110 Å². The highest BCUT2D eigenvalue weighted by Crippen LogP contribution is 2.19. The van der Waals surface area contributed by atoms with Gasteiger partial charge in [0.05, 0.1) is 12.0 Å². The van der Waals surface area contributed by atoms with E-state index in [1.807, 2.05) is 0 Å². The van der Waals surface area contributed by atoms with Crippen LogP contribution in [-0.2, 0) is 10.0 Å². The molecule has 0 saturated heterocycles. The number of anilines is 1. The molecule has 0 unspecified atom stereocenters. The van der Waals surface area contributed by atoms with E-state index in [9.17, 15) is 8.42 Å². The summed E-state index contributed by atoms with van der Waals surface area (Å²) >= 11 is 0. The van der Waals surface area contributed by atoms with Crippen molar-refractivity contribution in [2.75, 3.05) is 26.1 Å². The Balaban J connectivity index is 2.49. The molecule has 9 heteroatoms. The molecule has 0 N–H and O–H groups in total. The molecule has 0 aliphatic rings. The van der Waals surface area contributed by atoms with Crippen LogP contribution in [0.4, 0.5) is 5.95 Å². The van der Waals surface area contributed by atoms with Crippen molar-refractivity contribution >= 4 is 16.0 Å². The maximum atomic E-state index is 12.4. The van der Waals surface area contributed by atoms with Crippen LogP contribution in [0.2, 0.25) is 0 Å². The molecular formula is C10H13N5O3S. The summed E-state index contributed by atoms with van der Waals surface area (Å²) in [5, 5.41) is 10.6. The number of aromatic nitrogens is 4. The van der Waals surface area contributed by atoms with Gasteiger partial charge >= 0.3 is 0 Å². The predicted octanol–water partition coefficient (Wildman–Crippen LogP) is -0.0153. The Bertz CT molecular complexity index is 663. The molecule has 0 spiro atoms. The first-order valence-corrected chi connectivity index (χ1v) is 6.76. The Morgan fingerprint density at radius 2 is 1.84 bits per heavy atom. The van der Waals surface area contributed by atoms with Gasteiger partial charge in [0.25, 0.3) is 16.0 Å². The van der Waals surface area contributed by atoms with Crippen LogP contribution in [0.3, 0.4) is 0 Å². The minimum absolute atomic E-state index is 0.0868. The molecule has 0 radical (unpaired) electrons. The van der Waals surface area contributed by atoms with Crippen LogP contribution in [-0.4, -0.2) is 49.2 Å². The van der Waals surface area contributed by atoms with Gasteiger partial charge in [-0.1, -0.05) is 9.19 Å². The zero-order valence-electron chi connectivity index (χ0n) is 10.7. The predicted molar refractivity (Wildman–Crippen MR) is 67.7 cm³/mol. The minimum Gasteiger partial charge on any atom is -0.497 e. The first-order chi connectivity index (χ1) is 8.96. The highest BCUT2D eigenvalue weighted by atomic mass is 32.2. The first-order valence-electron chi connectivity index (χ1n) is 5.32. The van der Waals surface area contributed by atoms with Gasteiger partial charge < -0.3 is 9.64 Å². The van der Waals surface area contributed by atoms with Crippen molar-refractivity contribution < 1.29 is 13.2 Å². The van der Waals surface area contributed by atoms with E-state index in [-0.39, 0.29) is 10.8 Å². The summed E-state index contributed by atoms with van der Waals surface area (Å²) in [6.07, 6.45) is 0. The van der Waals surface area contributed by atoms with Gasteiger partial charge in [-0.3, -0.25) is 0 Å². The number of hydrogen-bond acceptors (Lipinski definition) is 7. The van der Waals surface area contributed by atoms with E-state index >= 15 is 0 Å². The van der Waals surface area contributed by atoms with E-state index in [2.05, 4.69) is 15.5 Å². The molecule has 1 heterocycles. The summed E-state index contributed by atoms with van der Waals surface area (Å²) in [5.74, 6) is 0.708. The minimum atomic E-state index is -3.81. The fourth-order valence-electron chi connectivity index (χ4n) is 1.44. The van der Waals surface area contributed by atoms with Crippen molar-refractivity contribution in [3.8, 4) is 5.75 Å². The Kier molecular flexibility index (Phi) is 3.38. The standard InChI is InChI=1S/C10H13N5O3S/c1-14(2)10-11-12-13-15(10)19(16,17)9-6-4-8(18-3)5-7-9/h4-7H,1-3H3. The Hall–Kier alpha value is -2.16. The number of hydrogen-bond donors (Lipinski definition) is 0. The van der Waals surface area contributed by atoms with Crippen LogP contribution in [0.25, 0.3) is 0 Å². The number of rotatable bonds is 4. The summed E-state index contributed by atoms with van der Waals surface area (Å²) < 4.78 is 30.5. The second-order valence-electron chi connectivity index (χ2n) is 3.90. The van der Waals surface area contributed by atoms with Crippen LogP contribution in [0.5, 0.6) is 5.75 Å². The van der Waals surface area contributed by atoms with Crippen molar-refractivity contribution in [3.05, 3.63) is 24.3 Å². The summed E-state index contributed by atoms with van der Waals surface area (Å²) in [6, 6.07) is 6.00. The number of tetrazole rings is 1. The lowest BCUT2D eigenvalue weighted by Crippen LogP contribution is -2.22. The highest BCUT2D eigenvalue weighted by molar-refractivity contribution is 7.90. The van der Waals surface area contributed by atoms with Crippen molar-refractivity contribution in [2.45, 2.75) is 4.90 Å². The molecule has 0 bridgehead atoms. The van der Waals surface area contributed by atoms with Crippen molar-refractivity contribution in [3.63, 3.8) is 0 Å². The Morgan fingerprint density at radius 3 is 2.37 bits per heavy atom. The lowest BCUT2D eigenvalue weighted by Gasteiger charge is -2.11. The van der Waals surface area contributed by atoms with Gasteiger partial charge in [-0.25, -0.2) is 0 Å². The zero-order chi connectivity index (χ0) is 14.0. The summed E-state index contributed by atoms with van der Waals surface area (Å²) in [7, 11) is 1.01. The summed E-state index contributed by atoms with van der Waals surface area (Å²) in [6.45, 7) is 0. The van der Waals surface area contributed by atoms with Crippen LogP contribution < -0.4 is 9.64 Å². The monoisotopic (exact) mass is 283 g/mol. The van der Waals surface area contributed by atoms with E-state index in [1.165, 1.54) is 24.1 Å². The zero-order valence-corrected chi connectivity index (χ0v) is 11.5. The van der Waals surface area contributed by atoms with Gasteiger partial charge in [0.2, 0.25) is 0 Å². The SMILES string of the molecule is COc1ccc(S(=O)(=O)n2nnnc2N(C)C)cc1. The summed E-state index contributed by atoms with van der Waals surface area (Å²) in [4.78, 5) is 1.60. The molecule has 102 valence electrons. The smallest absolute Gasteiger partial charge is 0.287 e. The van der Waals surface area contributed by atoms with E-state index in [1.54, 1.807) is 26.2 Å². The van der Waals surface area contributed by atoms with Crippen molar-refractivity contribution in [1.82, 2.24) is 19.6 Å². The molecule has 1 aromatic carbocycles. The normalized spacial score (nSPS) is 11.3. The van der Waals surface area contributed by atoms with Crippen LogP contribution in [0, 0.1) is 0 Å². The maximum Gasteiger partial charge on any atom is 0.287 e. The molecule has 0 aliphatic heterocycles. The molecule has 0 amide bonds. The third-order valence-corrected chi connectivity index (χ3v) is 3.97. The van der Waals surface area contributed by atoms with Gasteiger partial charge in [-0.2, -0.15) is 8.42 Å². The average molecular weight is 283 g/mol. The molecule has 0 saturated carbocycles. The van der Waals surface area contributed by atoms with Crippen molar-refractivity contribution in [2.24, 2.45) is 0 Å². The van der Waals surface area contributed by atoms with Crippen LogP contribution in [0.1, 0.15) is 0 Å². The number of methoxy groups -OCH3 is 1. The topological polar surface area (TPSA) is 90.2 Å². The van der Waals surface area contributed by atoms with Crippen LogP contribution >= 0.6 is 0 Å². The fourth-order valence-corrected chi connectivity index (χ4v) is 2.66. The maximum absolute atomic E-state index is 12.4. The average Bonchev–Trinajstić information content (AvgIpc) is 2.89. The lowest BCUT2D eigenvalue weighted by atomic mass is 10.3. The van der Waals surface area contributed by atoms with E-state index < -0.39 is 10.0 Å². The molecule has 0 atom stereocenters. The number of nitrogens with zero attached hydrogens (tertiary/aromatic N) is 5. The number of benzene rings is 1. The van der Waals surface area contributed by atoms with E-state index in [4.69, 9.17) is 4.74 Å². The summed E-state index contributed by atoms with van der Waals surface area (Å²) in [5.41, 5.74) is 0. The highest BCUT2D eigenvalue weighted by Gasteiger charge is 2.23. The fraction of sp³-hybridized carbons (Fsp3) is 0.300. The molecular weight excluding hydrogens is 270 g/mol. The molecule has 1 aromatic heterocycles. The quantitative estimate of drug-likeness (QED) is 0.779. The second kappa shape index (κ2) is 4.84. The molecule has 19 heavy (non-hydrogen) atoms. The largest absolute Gasteiger partial charge is 0.497 e. The van der Waals surface area contributed by atoms with Gasteiger partial charge in [0, 0.05) is 14.1 Å². The first kappa shape index (κ1) is 13.3. The molecule has 2 aromatic rings. The lowest BCUT2D eigenvalue weighted by molar-refractivity contribution is 0.414. The van der Waals surface area contributed by atoms with Gasteiger partial charge in [-0.15, -0.1) is 0 Å². The third kappa shape index (κ3) is 2.36.